The summed E-state index contributed by atoms with van der Waals surface area (Å²) in [5, 5.41) is 8.69. The van der Waals surface area contributed by atoms with Gasteiger partial charge in [0.1, 0.15) is 11.5 Å². The topological polar surface area (TPSA) is 59.4 Å². The highest BCUT2D eigenvalue weighted by Crippen LogP contribution is 2.09. The maximum Gasteiger partial charge on any atom is 0.105 e. The summed E-state index contributed by atoms with van der Waals surface area (Å²) in [6.45, 7) is 2.04. The molecular formula is C9H15NO2. The number of hydrogen-bond donors (Lipinski definition) is 2. The molecule has 1 aromatic heterocycles. The van der Waals surface area contributed by atoms with Crippen molar-refractivity contribution in [3.63, 3.8) is 0 Å². The van der Waals surface area contributed by atoms with E-state index < -0.39 is 0 Å². The molecule has 0 saturated carbocycles. The van der Waals surface area contributed by atoms with Crippen molar-refractivity contribution in [2.75, 3.05) is 6.61 Å². The van der Waals surface area contributed by atoms with Crippen LogP contribution in [0.4, 0.5) is 0 Å². The van der Waals surface area contributed by atoms with Crippen LogP contribution >= 0.6 is 0 Å². The van der Waals surface area contributed by atoms with Crippen molar-refractivity contribution in [2.24, 2.45) is 5.73 Å². The Hall–Kier alpha value is -0.800. The Bertz CT molecular complexity index is 232. The Morgan fingerprint density at radius 2 is 2.17 bits per heavy atom. The monoisotopic (exact) mass is 169 g/mol. The minimum Gasteiger partial charge on any atom is -0.466 e. The van der Waals surface area contributed by atoms with Crippen molar-refractivity contribution in [1.82, 2.24) is 0 Å². The van der Waals surface area contributed by atoms with Crippen LogP contribution in [0, 0.1) is 0 Å². The molecule has 3 heteroatoms. The molecule has 0 aromatic carbocycles. The highest BCUT2D eigenvalue weighted by Gasteiger charge is 2.05. The van der Waals surface area contributed by atoms with E-state index in [0.29, 0.717) is 6.42 Å². The van der Waals surface area contributed by atoms with E-state index >= 15 is 0 Å². The molecule has 3 N–H and O–H groups in total. The van der Waals surface area contributed by atoms with Crippen LogP contribution in [0.5, 0.6) is 0 Å². The first-order chi connectivity index (χ1) is 5.76. The van der Waals surface area contributed by atoms with Crippen molar-refractivity contribution >= 4 is 0 Å². The Morgan fingerprint density at radius 3 is 2.67 bits per heavy atom. The summed E-state index contributed by atoms with van der Waals surface area (Å²) >= 11 is 0. The summed E-state index contributed by atoms with van der Waals surface area (Å²) in [5.74, 6) is 1.82. The predicted octanol–water partition coefficient (Wildman–Crippen LogP) is 0.704. The van der Waals surface area contributed by atoms with Gasteiger partial charge in [-0.15, -0.1) is 0 Å². The molecule has 0 aliphatic rings. The van der Waals surface area contributed by atoms with Gasteiger partial charge in [-0.05, 0) is 12.1 Å². The summed E-state index contributed by atoms with van der Waals surface area (Å²) in [6.07, 6.45) is 1.50. The zero-order valence-corrected chi connectivity index (χ0v) is 7.29. The maximum absolute atomic E-state index is 8.69. The van der Waals surface area contributed by atoms with Gasteiger partial charge < -0.3 is 15.3 Å². The summed E-state index contributed by atoms with van der Waals surface area (Å²) in [7, 11) is 0. The largest absolute Gasteiger partial charge is 0.466 e. The standard InChI is InChI=1S/C9H15NO2/c1-2-8-3-4-9(12-8)5-7(10)6-11/h3-4,7,11H,2,5-6,10H2,1H3. The number of hydrogen-bond acceptors (Lipinski definition) is 3. The van der Waals surface area contributed by atoms with E-state index in [1.807, 2.05) is 19.1 Å². The van der Waals surface area contributed by atoms with Crippen molar-refractivity contribution in [1.29, 1.82) is 0 Å². The van der Waals surface area contributed by atoms with Gasteiger partial charge in [-0.3, -0.25) is 0 Å². The van der Waals surface area contributed by atoms with Crippen LogP contribution in [0.3, 0.4) is 0 Å². The molecular weight excluding hydrogens is 154 g/mol. The Kier molecular flexibility index (Phi) is 3.31. The van der Waals surface area contributed by atoms with Gasteiger partial charge in [0.05, 0.1) is 6.61 Å². The van der Waals surface area contributed by atoms with E-state index in [-0.39, 0.29) is 12.6 Å². The van der Waals surface area contributed by atoms with Crippen LogP contribution in [-0.4, -0.2) is 17.8 Å². The van der Waals surface area contributed by atoms with Crippen LogP contribution in [0.25, 0.3) is 0 Å². The van der Waals surface area contributed by atoms with Gasteiger partial charge in [-0.2, -0.15) is 0 Å². The first kappa shape index (κ1) is 9.29. The van der Waals surface area contributed by atoms with Crippen LogP contribution in [0.2, 0.25) is 0 Å². The Morgan fingerprint density at radius 1 is 1.50 bits per heavy atom. The van der Waals surface area contributed by atoms with Gasteiger partial charge in [0, 0.05) is 18.9 Å². The van der Waals surface area contributed by atoms with Crippen molar-refractivity contribution < 1.29 is 9.52 Å². The molecule has 0 spiro atoms. The Labute approximate surface area is 72.2 Å². The molecule has 0 fully saturated rings. The number of aliphatic hydroxyl groups is 1. The van der Waals surface area contributed by atoms with Gasteiger partial charge in [0.15, 0.2) is 0 Å². The fourth-order valence-electron chi connectivity index (χ4n) is 1.05. The second-order valence-electron chi connectivity index (χ2n) is 2.87. The van der Waals surface area contributed by atoms with Gasteiger partial charge in [0.2, 0.25) is 0 Å². The first-order valence-electron chi connectivity index (χ1n) is 4.20. The molecule has 0 aliphatic heterocycles. The molecule has 12 heavy (non-hydrogen) atoms. The number of nitrogens with two attached hydrogens (primary N) is 1. The summed E-state index contributed by atoms with van der Waals surface area (Å²) < 4.78 is 5.41. The first-order valence-corrected chi connectivity index (χ1v) is 4.20. The second-order valence-corrected chi connectivity index (χ2v) is 2.87. The van der Waals surface area contributed by atoms with E-state index in [0.717, 1.165) is 17.9 Å². The third-order valence-corrected chi connectivity index (χ3v) is 1.76. The molecule has 0 radical (unpaired) electrons. The van der Waals surface area contributed by atoms with Crippen LogP contribution in [0.15, 0.2) is 16.5 Å². The second kappa shape index (κ2) is 4.28. The van der Waals surface area contributed by atoms with Crippen LogP contribution < -0.4 is 5.73 Å². The molecule has 1 aromatic rings. The summed E-state index contributed by atoms with van der Waals surface area (Å²) in [4.78, 5) is 0. The van der Waals surface area contributed by atoms with E-state index in [9.17, 15) is 0 Å². The molecule has 1 unspecified atom stereocenters. The van der Waals surface area contributed by atoms with E-state index in [1.165, 1.54) is 0 Å². The maximum atomic E-state index is 8.69. The van der Waals surface area contributed by atoms with E-state index in [4.69, 9.17) is 15.3 Å². The number of aliphatic hydroxyl groups excluding tert-OH is 1. The number of rotatable bonds is 4. The number of aryl methyl sites for hydroxylation is 1. The quantitative estimate of drug-likeness (QED) is 0.697. The molecule has 1 heterocycles. The van der Waals surface area contributed by atoms with Crippen molar-refractivity contribution in [3.05, 3.63) is 23.7 Å². The summed E-state index contributed by atoms with van der Waals surface area (Å²) in [6, 6.07) is 3.65. The molecule has 0 amide bonds. The molecule has 1 rings (SSSR count). The van der Waals surface area contributed by atoms with Crippen LogP contribution in [-0.2, 0) is 12.8 Å². The minimum absolute atomic E-state index is 0.00214. The average molecular weight is 169 g/mol. The van der Waals surface area contributed by atoms with Crippen molar-refractivity contribution in [2.45, 2.75) is 25.8 Å². The molecule has 0 bridgehead atoms. The summed E-state index contributed by atoms with van der Waals surface area (Å²) in [5.41, 5.74) is 5.55. The van der Waals surface area contributed by atoms with Crippen molar-refractivity contribution in [3.8, 4) is 0 Å². The lowest BCUT2D eigenvalue weighted by Gasteiger charge is -2.03. The molecule has 1 atom stereocenters. The third-order valence-electron chi connectivity index (χ3n) is 1.76. The lowest BCUT2D eigenvalue weighted by Crippen LogP contribution is -2.26. The average Bonchev–Trinajstić information content (AvgIpc) is 2.52. The third kappa shape index (κ3) is 2.36. The highest BCUT2D eigenvalue weighted by atomic mass is 16.3. The highest BCUT2D eigenvalue weighted by molar-refractivity contribution is 5.08. The molecule has 0 aliphatic carbocycles. The number of furan rings is 1. The van der Waals surface area contributed by atoms with Gasteiger partial charge >= 0.3 is 0 Å². The Balaban J connectivity index is 2.52. The predicted molar refractivity (Wildman–Crippen MR) is 46.9 cm³/mol. The van der Waals surface area contributed by atoms with Crippen LogP contribution in [0.1, 0.15) is 18.4 Å². The molecule has 0 saturated heterocycles. The fraction of sp³-hybridized carbons (Fsp3) is 0.556. The minimum atomic E-state index is -0.208. The smallest absolute Gasteiger partial charge is 0.105 e. The van der Waals surface area contributed by atoms with E-state index in [2.05, 4.69) is 0 Å². The molecule has 68 valence electrons. The van der Waals surface area contributed by atoms with E-state index in [1.54, 1.807) is 0 Å². The van der Waals surface area contributed by atoms with Gasteiger partial charge in [0.25, 0.3) is 0 Å². The lowest BCUT2D eigenvalue weighted by atomic mass is 10.2. The lowest BCUT2D eigenvalue weighted by molar-refractivity contribution is 0.259. The normalized spacial score (nSPS) is 13.2. The SMILES string of the molecule is CCc1ccc(CC(N)CO)o1. The fourth-order valence-corrected chi connectivity index (χ4v) is 1.05. The molecule has 3 nitrogen and oxygen atoms in total. The van der Waals surface area contributed by atoms with Gasteiger partial charge in [-0.25, -0.2) is 0 Å². The zero-order valence-electron chi connectivity index (χ0n) is 7.29. The van der Waals surface area contributed by atoms with Gasteiger partial charge in [-0.1, -0.05) is 6.92 Å². The zero-order chi connectivity index (χ0) is 8.97.